The molecule has 0 saturated carbocycles. The van der Waals surface area contributed by atoms with Gasteiger partial charge >= 0.3 is 0 Å². The van der Waals surface area contributed by atoms with Gasteiger partial charge in [-0.1, -0.05) is 24.3 Å². The Morgan fingerprint density at radius 3 is 2.68 bits per heavy atom. The highest BCUT2D eigenvalue weighted by Crippen LogP contribution is 2.21. The molecule has 0 bridgehead atoms. The van der Waals surface area contributed by atoms with Crippen LogP contribution in [0.25, 0.3) is 0 Å². The summed E-state index contributed by atoms with van der Waals surface area (Å²) < 4.78 is 22.5. The van der Waals surface area contributed by atoms with Crippen molar-refractivity contribution in [1.29, 1.82) is 0 Å². The van der Waals surface area contributed by atoms with E-state index < -0.39 is 18.5 Å². The summed E-state index contributed by atoms with van der Waals surface area (Å²) in [5, 5.41) is 0. The number of benzene rings is 1. The number of aromatic nitrogens is 1. The molecule has 0 radical (unpaired) electrons. The molecule has 1 aromatic heterocycles. The highest BCUT2D eigenvalue weighted by atomic mass is 16.1. The van der Waals surface area contributed by atoms with Gasteiger partial charge in [-0.2, -0.15) is 0 Å². The van der Waals surface area contributed by atoms with Gasteiger partial charge in [0, 0.05) is 21.6 Å². The molecule has 0 atom stereocenters. The largest absolute Gasteiger partial charge is 0.398 e. The van der Waals surface area contributed by atoms with Gasteiger partial charge in [0.15, 0.2) is 5.78 Å². The Morgan fingerprint density at radius 1 is 1.26 bits per heavy atom. The van der Waals surface area contributed by atoms with E-state index in [-0.39, 0.29) is 28.1 Å². The zero-order valence-corrected chi connectivity index (χ0v) is 9.88. The van der Waals surface area contributed by atoms with Crippen LogP contribution in [-0.2, 0) is 0 Å². The van der Waals surface area contributed by atoms with Gasteiger partial charge in [0.1, 0.15) is 5.69 Å². The van der Waals surface area contributed by atoms with Crippen LogP contribution >= 0.6 is 0 Å². The van der Waals surface area contributed by atoms with Crippen molar-refractivity contribution in [3.05, 3.63) is 58.9 Å². The molecule has 0 aliphatic carbocycles. The zero-order chi connectivity index (χ0) is 16.5. The Hall–Kier alpha value is -2.69. The number of anilines is 1. The molecule has 1 aromatic carbocycles. The highest BCUT2D eigenvalue weighted by molar-refractivity contribution is 6.17. The summed E-state index contributed by atoms with van der Waals surface area (Å²) in [7, 11) is 0. The zero-order valence-electron chi connectivity index (χ0n) is 12.9. The molecule has 0 fully saturated rings. The number of aryl methyl sites for hydroxylation is 1. The highest BCUT2D eigenvalue weighted by Gasteiger charge is 2.21. The Morgan fingerprint density at radius 2 is 2.00 bits per heavy atom. The van der Waals surface area contributed by atoms with Gasteiger partial charge in [0.05, 0.1) is 5.56 Å². The predicted octanol–water partition coefficient (Wildman–Crippen LogP) is 1.30. The number of hydrogen-bond donors (Lipinski definition) is 2. The van der Waals surface area contributed by atoms with E-state index in [0.29, 0.717) is 0 Å². The molecule has 0 aliphatic heterocycles. The smallest absolute Gasteiger partial charge is 0.268 e. The summed E-state index contributed by atoms with van der Waals surface area (Å²) in [4.78, 5) is 27.9. The van der Waals surface area contributed by atoms with Gasteiger partial charge < -0.3 is 11.5 Å². The van der Waals surface area contributed by atoms with Crippen LogP contribution in [0.15, 0.2) is 36.5 Å². The summed E-state index contributed by atoms with van der Waals surface area (Å²) in [6, 6.07) is 7.08. The molecular formula is C14H13N3O2. The Labute approximate surface area is 114 Å². The summed E-state index contributed by atoms with van der Waals surface area (Å²) in [5.74, 6) is -1.62. The summed E-state index contributed by atoms with van der Waals surface area (Å²) >= 11 is 0. The van der Waals surface area contributed by atoms with Gasteiger partial charge in [-0.25, -0.2) is 0 Å². The van der Waals surface area contributed by atoms with Crippen LogP contribution in [0.3, 0.4) is 0 Å². The molecule has 1 heterocycles. The molecule has 1 amide bonds. The topological polar surface area (TPSA) is 99.1 Å². The van der Waals surface area contributed by atoms with E-state index in [0.717, 1.165) is 0 Å². The van der Waals surface area contributed by atoms with Crippen molar-refractivity contribution in [1.82, 2.24) is 4.98 Å². The first-order valence-electron chi connectivity index (χ1n) is 6.92. The minimum absolute atomic E-state index is 0.00847. The number of nitrogen functional groups attached to an aromatic ring is 1. The molecule has 0 unspecified atom stereocenters. The van der Waals surface area contributed by atoms with E-state index in [9.17, 15) is 9.59 Å². The Balaban J connectivity index is 2.68. The maximum Gasteiger partial charge on any atom is 0.268 e. The lowest BCUT2D eigenvalue weighted by molar-refractivity contribution is 0.0976. The fourth-order valence-corrected chi connectivity index (χ4v) is 1.72. The van der Waals surface area contributed by atoms with Crippen molar-refractivity contribution in [2.45, 2.75) is 6.85 Å². The van der Waals surface area contributed by atoms with E-state index in [1.165, 1.54) is 36.5 Å². The van der Waals surface area contributed by atoms with E-state index >= 15 is 0 Å². The number of rotatable bonds is 3. The number of pyridine rings is 1. The van der Waals surface area contributed by atoms with Crippen LogP contribution in [0.2, 0.25) is 0 Å². The second-order valence-corrected chi connectivity index (χ2v) is 3.86. The molecule has 2 aromatic rings. The Bertz CT molecular complexity index is 757. The van der Waals surface area contributed by atoms with Crippen LogP contribution in [0.4, 0.5) is 5.69 Å². The van der Waals surface area contributed by atoms with Crippen LogP contribution in [0.1, 0.15) is 36.1 Å². The first-order valence-corrected chi connectivity index (χ1v) is 5.42. The number of hydrogen-bond acceptors (Lipinski definition) is 4. The second kappa shape index (κ2) is 4.89. The lowest BCUT2D eigenvalue weighted by Crippen LogP contribution is -2.20. The third-order valence-corrected chi connectivity index (χ3v) is 2.62. The van der Waals surface area contributed by atoms with E-state index in [2.05, 4.69) is 4.98 Å². The van der Waals surface area contributed by atoms with Crippen LogP contribution in [0, 0.1) is 6.85 Å². The summed E-state index contributed by atoms with van der Waals surface area (Å²) in [6.45, 7) is -2.48. The Kier molecular flexibility index (Phi) is 2.39. The third-order valence-electron chi connectivity index (χ3n) is 2.62. The van der Waals surface area contributed by atoms with E-state index in [1.54, 1.807) is 0 Å². The number of nitrogens with two attached hydrogens (primary N) is 2. The van der Waals surface area contributed by atoms with Gasteiger partial charge in [0.2, 0.25) is 0 Å². The monoisotopic (exact) mass is 258 g/mol. The average molecular weight is 258 g/mol. The lowest BCUT2D eigenvalue weighted by atomic mass is 9.97. The first kappa shape index (κ1) is 9.27. The van der Waals surface area contributed by atoms with Crippen molar-refractivity contribution in [2.24, 2.45) is 5.73 Å². The molecule has 5 heteroatoms. The van der Waals surface area contributed by atoms with Gasteiger partial charge in [0.25, 0.3) is 5.91 Å². The molecule has 5 nitrogen and oxygen atoms in total. The van der Waals surface area contributed by atoms with Crippen molar-refractivity contribution in [3.8, 4) is 0 Å². The predicted molar refractivity (Wildman–Crippen MR) is 71.8 cm³/mol. The lowest BCUT2D eigenvalue weighted by Gasteiger charge is -2.09. The molecule has 19 heavy (non-hydrogen) atoms. The van der Waals surface area contributed by atoms with Gasteiger partial charge in [-0.15, -0.1) is 0 Å². The molecule has 0 aliphatic rings. The third kappa shape index (κ3) is 2.30. The second-order valence-electron chi connectivity index (χ2n) is 3.86. The SMILES string of the molecule is [2H]C([2H])([2H])c1ccccc1C(=O)c1c(N)ccnc1C(N)=O. The van der Waals surface area contributed by atoms with E-state index in [1.807, 2.05) is 0 Å². The quantitative estimate of drug-likeness (QED) is 0.810. The summed E-state index contributed by atoms with van der Waals surface area (Å²) in [6.07, 6.45) is 1.25. The van der Waals surface area contributed by atoms with Crippen LogP contribution in [-0.4, -0.2) is 16.7 Å². The molecule has 0 spiro atoms. The fraction of sp³-hybridized carbons (Fsp3) is 0.0714. The molecular weight excluding hydrogens is 242 g/mol. The molecule has 96 valence electrons. The number of amides is 1. The van der Waals surface area contributed by atoms with Gasteiger partial charge in [-0.3, -0.25) is 14.6 Å². The normalized spacial score (nSPS) is 13.2. The first-order chi connectivity index (χ1) is 10.2. The summed E-state index contributed by atoms with van der Waals surface area (Å²) in [5.41, 5.74) is 10.3. The fourth-order valence-electron chi connectivity index (χ4n) is 1.72. The van der Waals surface area contributed by atoms with E-state index in [4.69, 9.17) is 15.6 Å². The minimum atomic E-state index is -2.48. The van der Waals surface area contributed by atoms with Crippen molar-refractivity contribution in [2.75, 3.05) is 5.73 Å². The molecule has 4 N–H and O–H groups in total. The minimum Gasteiger partial charge on any atom is -0.398 e. The molecule has 0 saturated heterocycles. The number of nitrogens with zero attached hydrogens (tertiary/aromatic N) is 1. The number of primary amides is 1. The number of ketones is 1. The maximum absolute atomic E-state index is 12.7. The van der Waals surface area contributed by atoms with Gasteiger partial charge in [-0.05, 0) is 18.5 Å². The van der Waals surface area contributed by atoms with Crippen LogP contribution in [0.5, 0.6) is 0 Å². The number of carbonyl (C=O) groups is 2. The average Bonchev–Trinajstić information content (AvgIpc) is 2.45. The maximum atomic E-state index is 12.7. The molecule has 2 rings (SSSR count). The van der Waals surface area contributed by atoms with Crippen molar-refractivity contribution < 1.29 is 13.7 Å². The van der Waals surface area contributed by atoms with Crippen molar-refractivity contribution in [3.63, 3.8) is 0 Å². The number of carbonyl (C=O) groups excluding carboxylic acids is 2. The van der Waals surface area contributed by atoms with Crippen molar-refractivity contribution >= 4 is 17.4 Å². The standard InChI is InChI=1S/C14H13N3O2/c1-8-4-2-3-5-9(8)13(18)11-10(15)6-7-17-12(11)14(16)19/h2-7H,1H3,(H2,15,17)(H2,16,19)/i1D3. The van der Waals surface area contributed by atoms with Crippen LogP contribution < -0.4 is 11.5 Å².